The maximum Gasteiger partial charge on any atom is 0.323 e. The molecule has 234 valence electrons. The van der Waals surface area contributed by atoms with Gasteiger partial charge in [-0.3, -0.25) is 9.36 Å². The number of unbranched alkanes of at least 4 members (excludes halogenated alkanes) is 1. The molecule has 0 bridgehead atoms. The van der Waals surface area contributed by atoms with Gasteiger partial charge >= 0.3 is 6.03 Å². The molecule has 0 unspecified atom stereocenters. The predicted molar refractivity (Wildman–Crippen MR) is 188 cm³/mol. The Labute approximate surface area is 269 Å². The van der Waals surface area contributed by atoms with Crippen molar-refractivity contribution >= 4 is 52.0 Å². The van der Waals surface area contributed by atoms with Crippen LogP contribution in [0.5, 0.6) is 0 Å². The van der Waals surface area contributed by atoms with Gasteiger partial charge in [0.2, 0.25) is 0 Å². The summed E-state index contributed by atoms with van der Waals surface area (Å²) >= 11 is 3.02. The van der Waals surface area contributed by atoms with Gasteiger partial charge in [0.25, 0.3) is 5.56 Å². The van der Waals surface area contributed by atoms with Gasteiger partial charge in [0.15, 0.2) is 0 Å². The Morgan fingerprint density at radius 1 is 0.977 bits per heavy atom. The van der Waals surface area contributed by atoms with Crippen LogP contribution in [-0.2, 0) is 13.0 Å². The minimum Gasteiger partial charge on any atom is -0.304 e. The average molecular weight is 633 g/mol. The summed E-state index contributed by atoms with van der Waals surface area (Å²) in [6, 6.07) is 13.7. The van der Waals surface area contributed by atoms with Gasteiger partial charge in [0, 0.05) is 34.3 Å². The SMILES string of the molecule is CCCCn1c(=O)c(NC(=O)Nc2c(SC)cc(C)nc2SC)c(-c2cccc(CCCN(CC)CC)c2)c2cccnc21. The number of carbonyl (C=O) groups excluding carboxylic acids is 1. The monoisotopic (exact) mass is 632 g/mol. The molecule has 8 nitrogen and oxygen atoms in total. The summed E-state index contributed by atoms with van der Waals surface area (Å²) < 4.78 is 1.69. The average Bonchev–Trinajstić information content (AvgIpc) is 3.04. The second kappa shape index (κ2) is 16.1. The first-order valence-corrected chi connectivity index (χ1v) is 17.8. The van der Waals surface area contributed by atoms with Crippen molar-refractivity contribution in [2.24, 2.45) is 0 Å². The Bertz CT molecular complexity index is 1630. The molecule has 0 aliphatic heterocycles. The van der Waals surface area contributed by atoms with Crippen molar-refractivity contribution in [3.8, 4) is 11.1 Å². The van der Waals surface area contributed by atoms with Gasteiger partial charge in [-0.15, -0.1) is 23.5 Å². The Morgan fingerprint density at radius 2 is 1.75 bits per heavy atom. The molecule has 0 aliphatic carbocycles. The molecule has 0 atom stereocenters. The molecular weight excluding hydrogens is 589 g/mol. The van der Waals surface area contributed by atoms with Crippen LogP contribution in [0.3, 0.4) is 0 Å². The molecule has 0 fully saturated rings. The quantitative estimate of drug-likeness (QED) is 0.136. The van der Waals surface area contributed by atoms with Crippen molar-refractivity contribution in [3.63, 3.8) is 0 Å². The normalized spacial score (nSPS) is 11.3. The molecule has 0 spiro atoms. The molecule has 1 aromatic carbocycles. The predicted octanol–water partition coefficient (Wildman–Crippen LogP) is 7.93. The first-order valence-electron chi connectivity index (χ1n) is 15.4. The lowest BCUT2D eigenvalue weighted by molar-refractivity contribution is 0.262. The number of thioether (sulfide) groups is 2. The van der Waals surface area contributed by atoms with Crippen LogP contribution in [0.15, 0.2) is 63.4 Å². The van der Waals surface area contributed by atoms with Crippen molar-refractivity contribution in [2.75, 3.05) is 42.8 Å². The molecule has 2 N–H and O–H groups in total. The van der Waals surface area contributed by atoms with Crippen LogP contribution >= 0.6 is 23.5 Å². The molecule has 2 amide bonds. The van der Waals surface area contributed by atoms with E-state index >= 15 is 0 Å². The van der Waals surface area contributed by atoms with Gasteiger partial charge in [-0.05, 0) is 87.7 Å². The minimum atomic E-state index is -0.486. The van der Waals surface area contributed by atoms with Gasteiger partial charge in [0.1, 0.15) is 16.4 Å². The topological polar surface area (TPSA) is 92.2 Å². The fraction of sp³-hybridized carbons (Fsp3) is 0.412. The molecule has 0 radical (unpaired) electrons. The smallest absolute Gasteiger partial charge is 0.304 e. The highest BCUT2D eigenvalue weighted by molar-refractivity contribution is 7.99. The number of urea groups is 1. The summed E-state index contributed by atoms with van der Waals surface area (Å²) in [6.07, 6.45) is 9.34. The van der Waals surface area contributed by atoms with Gasteiger partial charge in [-0.2, -0.15) is 0 Å². The van der Waals surface area contributed by atoms with E-state index in [1.807, 2.05) is 49.8 Å². The lowest BCUT2D eigenvalue weighted by atomic mass is 9.97. The van der Waals surface area contributed by atoms with E-state index in [1.54, 1.807) is 22.5 Å². The van der Waals surface area contributed by atoms with E-state index in [9.17, 15) is 9.59 Å². The third kappa shape index (κ3) is 7.83. The Balaban J connectivity index is 1.81. The molecule has 0 saturated heterocycles. The number of carbonyl (C=O) groups is 1. The summed E-state index contributed by atoms with van der Waals surface area (Å²) in [6.45, 7) is 12.0. The van der Waals surface area contributed by atoms with E-state index in [0.717, 1.165) is 71.9 Å². The molecule has 3 aromatic heterocycles. The first-order chi connectivity index (χ1) is 21.3. The zero-order valence-corrected chi connectivity index (χ0v) is 28.3. The molecule has 3 heterocycles. The summed E-state index contributed by atoms with van der Waals surface area (Å²) in [5.41, 5.74) is 4.88. The number of hydrogen-bond donors (Lipinski definition) is 2. The van der Waals surface area contributed by atoms with Crippen LogP contribution in [0.4, 0.5) is 16.2 Å². The van der Waals surface area contributed by atoms with Crippen LogP contribution in [0.25, 0.3) is 22.2 Å². The standard InChI is InChI=1S/C34H44N6O2S2/c1-7-10-20-40-31-26(17-12-18-35-31)28(25-16-11-14-24(22-25)15-13-19-39(8-2)9-3)30(33(40)41)38-34(42)37-29-27(43-5)21-23(4)36-32(29)44-6/h11-12,14,16-18,21-22H,7-10,13,15,19-20H2,1-6H3,(H2,37,38,42). The first kappa shape index (κ1) is 33.6. The zero-order valence-electron chi connectivity index (χ0n) is 26.7. The number of aryl methyl sites for hydroxylation is 3. The number of amides is 2. The molecular formula is C34H44N6O2S2. The number of fused-ring (bicyclic) bond motifs is 1. The Morgan fingerprint density at radius 3 is 2.45 bits per heavy atom. The second-order valence-corrected chi connectivity index (χ2v) is 12.3. The van der Waals surface area contributed by atoms with Crippen molar-refractivity contribution in [3.05, 3.63) is 70.3 Å². The maximum atomic E-state index is 14.2. The largest absolute Gasteiger partial charge is 0.323 e. The number of anilines is 2. The van der Waals surface area contributed by atoms with Crippen LogP contribution in [-0.4, -0.2) is 57.6 Å². The summed E-state index contributed by atoms with van der Waals surface area (Å²) in [7, 11) is 0. The third-order valence-electron chi connectivity index (χ3n) is 7.77. The number of pyridine rings is 3. The molecule has 10 heteroatoms. The van der Waals surface area contributed by atoms with E-state index < -0.39 is 6.03 Å². The molecule has 0 saturated carbocycles. The van der Waals surface area contributed by atoms with Crippen LogP contribution in [0, 0.1) is 6.92 Å². The van der Waals surface area contributed by atoms with E-state index in [1.165, 1.54) is 17.3 Å². The lowest BCUT2D eigenvalue weighted by Crippen LogP contribution is -2.30. The number of nitrogens with one attached hydrogen (secondary N) is 2. The fourth-order valence-electron chi connectivity index (χ4n) is 5.45. The van der Waals surface area contributed by atoms with E-state index in [0.29, 0.717) is 23.4 Å². The van der Waals surface area contributed by atoms with Gasteiger partial charge in [-0.25, -0.2) is 14.8 Å². The van der Waals surface area contributed by atoms with Crippen LogP contribution < -0.4 is 16.2 Å². The van der Waals surface area contributed by atoms with Crippen LogP contribution in [0.1, 0.15) is 51.3 Å². The Kier molecular flexibility index (Phi) is 12.3. The highest BCUT2D eigenvalue weighted by Crippen LogP contribution is 2.36. The third-order valence-corrected chi connectivity index (χ3v) is 9.22. The highest BCUT2D eigenvalue weighted by atomic mass is 32.2. The van der Waals surface area contributed by atoms with Gasteiger partial charge in [0.05, 0.1) is 5.69 Å². The van der Waals surface area contributed by atoms with Crippen molar-refractivity contribution in [1.29, 1.82) is 0 Å². The maximum absolute atomic E-state index is 14.2. The lowest BCUT2D eigenvalue weighted by Gasteiger charge is -2.20. The van der Waals surface area contributed by atoms with E-state index in [-0.39, 0.29) is 11.2 Å². The van der Waals surface area contributed by atoms with Crippen LogP contribution in [0.2, 0.25) is 0 Å². The van der Waals surface area contributed by atoms with Gasteiger partial charge < -0.3 is 15.5 Å². The van der Waals surface area contributed by atoms with E-state index in [4.69, 9.17) is 0 Å². The summed E-state index contributed by atoms with van der Waals surface area (Å²) in [5, 5.41) is 7.54. The van der Waals surface area contributed by atoms with Crippen molar-refractivity contribution in [2.45, 2.75) is 69.8 Å². The summed E-state index contributed by atoms with van der Waals surface area (Å²) in [4.78, 5) is 40.5. The molecule has 0 aliphatic rings. The fourth-order valence-corrected chi connectivity index (χ4v) is 6.75. The molecule has 4 rings (SSSR count). The van der Waals surface area contributed by atoms with Gasteiger partial charge in [-0.1, -0.05) is 51.5 Å². The number of benzene rings is 1. The number of aromatic nitrogens is 3. The number of rotatable bonds is 14. The zero-order chi connectivity index (χ0) is 31.6. The number of nitrogens with zero attached hydrogens (tertiary/aromatic N) is 4. The molecule has 44 heavy (non-hydrogen) atoms. The number of hydrogen-bond acceptors (Lipinski definition) is 7. The minimum absolute atomic E-state index is 0.246. The molecule has 4 aromatic rings. The Hall–Kier alpha value is -3.34. The summed E-state index contributed by atoms with van der Waals surface area (Å²) in [5.74, 6) is 0. The van der Waals surface area contributed by atoms with E-state index in [2.05, 4.69) is 58.4 Å². The second-order valence-electron chi connectivity index (χ2n) is 10.7. The highest BCUT2D eigenvalue weighted by Gasteiger charge is 2.22. The van der Waals surface area contributed by atoms with Crippen molar-refractivity contribution < 1.29 is 4.79 Å². The van der Waals surface area contributed by atoms with Crippen molar-refractivity contribution in [1.82, 2.24) is 19.4 Å².